The van der Waals surface area contributed by atoms with Gasteiger partial charge in [-0.2, -0.15) is 0 Å². The Labute approximate surface area is 140 Å². The van der Waals surface area contributed by atoms with E-state index in [-0.39, 0.29) is 5.91 Å². The molecule has 0 bridgehead atoms. The van der Waals surface area contributed by atoms with E-state index in [2.05, 4.69) is 40.6 Å². The van der Waals surface area contributed by atoms with E-state index >= 15 is 0 Å². The van der Waals surface area contributed by atoms with Gasteiger partial charge in [-0.05, 0) is 44.6 Å². The molecule has 0 saturated carbocycles. The highest BCUT2D eigenvalue weighted by Crippen LogP contribution is 2.36. The van der Waals surface area contributed by atoms with E-state index in [1.165, 1.54) is 10.4 Å². The van der Waals surface area contributed by atoms with Gasteiger partial charge in [0.15, 0.2) is 5.13 Å². The van der Waals surface area contributed by atoms with Crippen LogP contribution in [0.25, 0.3) is 0 Å². The molecule has 1 aliphatic rings. The first kappa shape index (κ1) is 16.1. The molecule has 1 heterocycles. The quantitative estimate of drug-likeness (QED) is 0.908. The Hall–Kier alpha value is -1.72. The van der Waals surface area contributed by atoms with Crippen LogP contribution in [0.3, 0.4) is 0 Å². The van der Waals surface area contributed by atoms with Gasteiger partial charge in [-0.25, -0.2) is 4.98 Å². The molecule has 0 unspecified atom stereocenters. The highest BCUT2D eigenvalue weighted by atomic mass is 32.1. The molecule has 2 atom stereocenters. The Morgan fingerprint density at radius 2 is 2.22 bits per heavy atom. The minimum atomic E-state index is -0.446. The van der Waals surface area contributed by atoms with Crippen molar-refractivity contribution in [3.05, 3.63) is 46.5 Å². The molecule has 1 aromatic heterocycles. The number of nitrogens with one attached hydrogen (secondary N) is 1. The minimum absolute atomic E-state index is 0.127. The number of anilines is 1. The molecule has 5 heteroatoms. The van der Waals surface area contributed by atoms with Crippen molar-refractivity contribution in [3.63, 3.8) is 0 Å². The normalized spacial score (nSPS) is 18.3. The molecule has 1 aliphatic carbocycles. The third-order valence-electron chi connectivity index (χ3n) is 4.23. The van der Waals surface area contributed by atoms with Gasteiger partial charge in [-0.1, -0.05) is 30.3 Å². The zero-order valence-electron chi connectivity index (χ0n) is 13.5. The van der Waals surface area contributed by atoms with Crippen molar-refractivity contribution >= 4 is 22.4 Å². The average Bonchev–Trinajstić information content (AvgIpc) is 2.97. The van der Waals surface area contributed by atoms with Crippen molar-refractivity contribution in [3.8, 4) is 0 Å². The summed E-state index contributed by atoms with van der Waals surface area (Å²) >= 11 is 1.60. The van der Waals surface area contributed by atoms with Gasteiger partial charge in [0.05, 0.1) is 5.69 Å². The highest BCUT2D eigenvalue weighted by Gasteiger charge is 2.24. The van der Waals surface area contributed by atoms with Crippen LogP contribution in [0.15, 0.2) is 30.3 Å². The fourth-order valence-electron chi connectivity index (χ4n) is 2.97. The van der Waals surface area contributed by atoms with Gasteiger partial charge >= 0.3 is 0 Å². The summed E-state index contributed by atoms with van der Waals surface area (Å²) in [5.74, 6) is 0.424. The van der Waals surface area contributed by atoms with E-state index in [9.17, 15) is 4.79 Å². The summed E-state index contributed by atoms with van der Waals surface area (Å²) in [5.41, 5.74) is 2.53. The second-order valence-corrected chi connectivity index (χ2v) is 6.91. The number of carbonyl (C=O) groups excluding carboxylic acids is 1. The summed E-state index contributed by atoms with van der Waals surface area (Å²) in [7, 11) is 0. The minimum Gasteiger partial charge on any atom is -0.369 e. The molecule has 0 aliphatic heterocycles. The van der Waals surface area contributed by atoms with Gasteiger partial charge in [0.1, 0.15) is 6.10 Å². The second kappa shape index (κ2) is 7.23. The Morgan fingerprint density at radius 3 is 2.96 bits per heavy atom. The van der Waals surface area contributed by atoms with E-state index in [0.717, 1.165) is 25.0 Å². The third-order valence-corrected chi connectivity index (χ3v) is 5.26. The SMILES string of the molecule is CCO[C@H](C)C(=O)Nc1nc2c(s1)C[C@@H](c1ccccc1)CC2. The summed E-state index contributed by atoms with van der Waals surface area (Å²) in [6.07, 6.45) is 2.65. The fraction of sp³-hybridized carbons (Fsp3) is 0.444. The number of rotatable bonds is 5. The number of amides is 1. The van der Waals surface area contributed by atoms with Crippen molar-refractivity contribution in [2.45, 2.75) is 45.1 Å². The standard InChI is InChI=1S/C18H22N2O2S/c1-3-22-12(2)17(21)20-18-19-15-10-9-14(11-16(15)23-18)13-7-5-4-6-8-13/h4-8,12,14H,3,9-11H2,1-2H3,(H,19,20,21)/t12-,14+/m1/s1. The van der Waals surface area contributed by atoms with Crippen molar-refractivity contribution in [2.75, 3.05) is 11.9 Å². The van der Waals surface area contributed by atoms with Crippen LogP contribution in [0.5, 0.6) is 0 Å². The molecular formula is C18H22N2O2S. The monoisotopic (exact) mass is 330 g/mol. The molecule has 122 valence electrons. The molecule has 1 amide bonds. The molecule has 0 fully saturated rings. The largest absolute Gasteiger partial charge is 0.369 e. The van der Waals surface area contributed by atoms with Crippen LogP contribution in [0, 0.1) is 0 Å². The summed E-state index contributed by atoms with van der Waals surface area (Å²) in [4.78, 5) is 17.9. The van der Waals surface area contributed by atoms with E-state index in [1.54, 1.807) is 18.3 Å². The van der Waals surface area contributed by atoms with E-state index in [4.69, 9.17) is 4.74 Å². The summed E-state index contributed by atoms with van der Waals surface area (Å²) in [6.45, 7) is 4.18. The Balaban J connectivity index is 1.68. The van der Waals surface area contributed by atoms with E-state index in [0.29, 0.717) is 17.7 Å². The van der Waals surface area contributed by atoms with Gasteiger partial charge in [0.25, 0.3) is 5.91 Å². The number of fused-ring (bicyclic) bond motifs is 1. The van der Waals surface area contributed by atoms with Crippen LogP contribution in [0.4, 0.5) is 5.13 Å². The predicted octanol–water partition coefficient (Wildman–Crippen LogP) is 3.78. The maximum Gasteiger partial charge on any atom is 0.254 e. The number of hydrogen-bond acceptors (Lipinski definition) is 4. The maximum absolute atomic E-state index is 12.0. The maximum atomic E-state index is 12.0. The first-order chi connectivity index (χ1) is 11.2. The highest BCUT2D eigenvalue weighted by molar-refractivity contribution is 7.15. The van der Waals surface area contributed by atoms with Crippen LogP contribution in [0.2, 0.25) is 0 Å². The average molecular weight is 330 g/mol. The lowest BCUT2D eigenvalue weighted by Crippen LogP contribution is -2.27. The molecule has 1 aromatic carbocycles. The molecule has 2 aromatic rings. The van der Waals surface area contributed by atoms with E-state index in [1.807, 2.05) is 6.92 Å². The Morgan fingerprint density at radius 1 is 1.43 bits per heavy atom. The van der Waals surface area contributed by atoms with Crippen molar-refractivity contribution in [1.29, 1.82) is 0 Å². The molecule has 0 radical (unpaired) electrons. The first-order valence-corrected chi connectivity index (χ1v) is 8.95. The topological polar surface area (TPSA) is 51.2 Å². The third kappa shape index (κ3) is 3.79. The van der Waals surface area contributed by atoms with Crippen LogP contribution < -0.4 is 5.32 Å². The number of carbonyl (C=O) groups is 1. The van der Waals surface area contributed by atoms with Gasteiger partial charge in [0, 0.05) is 11.5 Å². The van der Waals surface area contributed by atoms with Gasteiger partial charge in [-0.15, -0.1) is 11.3 Å². The van der Waals surface area contributed by atoms with Crippen LogP contribution in [0.1, 0.15) is 42.3 Å². The van der Waals surface area contributed by atoms with Crippen molar-refractivity contribution < 1.29 is 9.53 Å². The molecule has 0 spiro atoms. The van der Waals surface area contributed by atoms with Gasteiger partial charge in [-0.3, -0.25) is 10.1 Å². The number of benzene rings is 1. The fourth-order valence-corrected chi connectivity index (χ4v) is 4.06. The summed E-state index contributed by atoms with van der Waals surface area (Å²) in [5, 5.41) is 3.58. The first-order valence-electron chi connectivity index (χ1n) is 8.13. The Bertz CT molecular complexity index is 669. The molecule has 3 rings (SSSR count). The van der Waals surface area contributed by atoms with Crippen molar-refractivity contribution in [1.82, 2.24) is 4.98 Å². The lowest BCUT2D eigenvalue weighted by Gasteiger charge is -2.21. The zero-order chi connectivity index (χ0) is 16.2. The number of ether oxygens (including phenoxy) is 1. The lowest BCUT2D eigenvalue weighted by molar-refractivity contribution is -0.126. The number of nitrogens with zero attached hydrogens (tertiary/aromatic N) is 1. The number of thiazole rings is 1. The molecule has 23 heavy (non-hydrogen) atoms. The van der Waals surface area contributed by atoms with Gasteiger partial charge < -0.3 is 4.74 Å². The number of hydrogen-bond donors (Lipinski definition) is 1. The van der Waals surface area contributed by atoms with Gasteiger partial charge in [0.2, 0.25) is 0 Å². The van der Waals surface area contributed by atoms with E-state index < -0.39 is 6.10 Å². The number of aryl methyl sites for hydroxylation is 1. The smallest absolute Gasteiger partial charge is 0.254 e. The molecule has 1 N–H and O–H groups in total. The Kier molecular flexibility index (Phi) is 5.08. The summed E-state index contributed by atoms with van der Waals surface area (Å²) < 4.78 is 5.32. The summed E-state index contributed by atoms with van der Waals surface area (Å²) in [6, 6.07) is 10.6. The second-order valence-electron chi connectivity index (χ2n) is 5.83. The van der Waals surface area contributed by atoms with Crippen molar-refractivity contribution in [2.24, 2.45) is 0 Å². The zero-order valence-corrected chi connectivity index (χ0v) is 14.4. The lowest BCUT2D eigenvalue weighted by atomic mass is 9.85. The number of aromatic nitrogens is 1. The molecule has 4 nitrogen and oxygen atoms in total. The van der Waals surface area contributed by atoms with Crippen LogP contribution in [-0.2, 0) is 22.4 Å². The predicted molar refractivity (Wildman–Crippen MR) is 93.0 cm³/mol. The molecular weight excluding hydrogens is 308 g/mol. The van der Waals surface area contributed by atoms with Crippen LogP contribution >= 0.6 is 11.3 Å². The molecule has 0 saturated heterocycles. The van der Waals surface area contributed by atoms with Crippen LogP contribution in [-0.4, -0.2) is 23.6 Å².